The molecular formula is C13H16N4O2. The first-order chi connectivity index (χ1) is 9.24. The number of pyridine rings is 1. The summed E-state index contributed by atoms with van der Waals surface area (Å²) in [4.78, 5) is 16.0. The molecule has 1 aliphatic heterocycles. The SMILES string of the molecule is Cn1ccc(-c2nc(C3CCCNC3)no2)cc1=O. The summed E-state index contributed by atoms with van der Waals surface area (Å²) in [6.45, 7) is 1.94. The van der Waals surface area contributed by atoms with E-state index in [-0.39, 0.29) is 5.56 Å². The smallest absolute Gasteiger partial charge is 0.258 e. The van der Waals surface area contributed by atoms with Crippen LogP contribution in [-0.4, -0.2) is 27.8 Å². The van der Waals surface area contributed by atoms with E-state index >= 15 is 0 Å². The van der Waals surface area contributed by atoms with Crippen LogP contribution in [0.2, 0.25) is 0 Å². The van der Waals surface area contributed by atoms with Crippen LogP contribution in [0.15, 0.2) is 27.6 Å². The van der Waals surface area contributed by atoms with Gasteiger partial charge in [0.1, 0.15) is 0 Å². The molecule has 0 spiro atoms. The van der Waals surface area contributed by atoms with Crippen LogP contribution in [0.5, 0.6) is 0 Å². The summed E-state index contributed by atoms with van der Waals surface area (Å²) >= 11 is 0. The Morgan fingerprint density at radius 3 is 3.16 bits per heavy atom. The fraction of sp³-hybridized carbons (Fsp3) is 0.462. The van der Waals surface area contributed by atoms with Crippen molar-refractivity contribution in [3.63, 3.8) is 0 Å². The number of piperidine rings is 1. The van der Waals surface area contributed by atoms with E-state index in [1.165, 1.54) is 10.6 Å². The van der Waals surface area contributed by atoms with Crippen molar-refractivity contribution in [3.05, 3.63) is 34.5 Å². The van der Waals surface area contributed by atoms with Gasteiger partial charge in [-0.05, 0) is 25.5 Å². The number of rotatable bonds is 2. The molecule has 6 nitrogen and oxygen atoms in total. The van der Waals surface area contributed by atoms with Gasteiger partial charge in [-0.3, -0.25) is 4.79 Å². The average Bonchev–Trinajstić information content (AvgIpc) is 2.93. The highest BCUT2D eigenvalue weighted by Crippen LogP contribution is 2.23. The molecule has 0 amide bonds. The van der Waals surface area contributed by atoms with Gasteiger partial charge in [-0.2, -0.15) is 4.98 Å². The summed E-state index contributed by atoms with van der Waals surface area (Å²) in [5.41, 5.74) is 0.585. The van der Waals surface area contributed by atoms with Gasteiger partial charge < -0.3 is 14.4 Å². The zero-order valence-corrected chi connectivity index (χ0v) is 10.8. The molecule has 0 radical (unpaired) electrons. The van der Waals surface area contributed by atoms with E-state index in [1.54, 1.807) is 19.3 Å². The second kappa shape index (κ2) is 4.97. The average molecular weight is 260 g/mol. The van der Waals surface area contributed by atoms with E-state index in [0.29, 0.717) is 17.4 Å². The van der Waals surface area contributed by atoms with Crippen molar-refractivity contribution >= 4 is 0 Å². The normalized spacial score (nSPS) is 19.5. The minimum absolute atomic E-state index is 0.0865. The molecule has 1 atom stereocenters. The number of hydrogen-bond acceptors (Lipinski definition) is 5. The van der Waals surface area contributed by atoms with Gasteiger partial charge >= 0.3 is 0 Å². The molecule has 0 bridgehead atoms. The molecule has 6 heteroatoms. The van der Waals surface area contributed by atoms with Gasteiger partial charge in [0.25, 0.3) is 11.4 Å². The van der Waals surface area contributed by atoms with Crippen LogP contribution >= 0.6 is 0 Å². The van der Waals surface area contributed by atoms with Crippen LogP contribution in [0.1, 0.15) is 24.6 Å². The fourth-order valence-corrected chi connectivity index (χ4v) is 2.27. The largest absolute Gasteiger partial charge is 0.334 e. The standard InChI is InChI=1S/C13H16N4O2/c1-17-6-4-9(7-11(17)18)13-15-12(16-19-13)10-3-2-5-14-8-10/h4,6-7,10,14H,2-3,5,8H2,1H3. The molecule has 3 heterocycles. The third-order valence-corrected chi connectivity index (χ3v) is 3.46. The second-order valence-corrected chi connectivity index (χ2v) is 4.87. The van der Waals surface area contributed by atoms with Gasteiger partial charge in [0.05, 0.1) is 0 Å². The van der Waals surface area contributed by atoms with Gasteiger partial charge in [0, 0.05) is 37.3 Å². The number of nitrogens with zero attached hydrogens (tertiary/aromatic N) is 3. The Hall–Kier alpha value is -1.95. The Morgan fingerprint density at radius 1 is 1.53 bits per heavy atom. The molecule has 1 aliphatic rings. The van der Waals surface area contributed by atoms with Gasteiger partial charge in [-0.25, -0.2) is 0 Å². The highest BCUT2D eigenvalue weighted by molar-refractivity contribution is 5.51. The molecule has 1 saturated heterocycles. The highest BCUT2D eigenvalue weighted by Gasteiger charge is 2.21. The summed E-state index contributed by atoms with van der Waals surface area (Å²) in [7, 11) is 1.71. The highest BCUT2D eigenvalue weighted by atomic mass is 16.5. The van der Waals surface area contributed by atoms with Crippen molar-refractivity contribution in [2.75, 3.05) is 13.1 Å². The molecule has 0 aliphatic carbocycles. The monoisotopic (exact) mass is 260 g/mol. The molecule has 0 aromatic carbocycles. The van der Waals surface area contributed by atoms with Gasteiger partial charge in [-0.15, -0.1) is 0 Å². The molecule has 3 rings (SSSR count). The Balaban J connectivity index is 1.87. The number of aromatic nitrogens is 3. The quantitative estimate of drug-likeness (QED) is 0.868. The molecule has 2 aromatic heterocycles. The van der Waals surface area contributed by atoms with E-state index in [4.69, 9.17) is 4.52 Å². The van der Waals surface area contributed by atoms with E-state index < -0.39 is 0 Å². The first-order valence-corrected chi connectivity index (χ1v) is 6.45. The lowest BCUT2D eigenvalue weighted by molar-refractivity contribution is 0.393. The van der Waals surface area contributed by atoms with E-state index in [2.05, 4.69) is 15.5 Å². The first kappa shape index (κ1) is 12.1. The van der Waals surface area contributed by atoms with Crippen molar-refractivity contribution in [3.8, 4) is 11.5 Å². The van der Waals surface area contributed by atoms with Crippen molar-refractivity contribution in [1.82, 2.24) is 20.0 Å². The lowest BCUT2D eigenvalue weighted by Gasteiger charge is -2.19. The van der Waals surface area contributed by atoms with Crippen molar-refractivity contribution < 1.29 is 4.52 Å². The molecule has 2 aromatic rings. The summed E-state index contributed by atoms with van der Waals surface area (Å²) in [5.74, 6) is 1.44. The number of nitrogens with one attached hydrogen (secondary N) is 1. The van der Waals surface area contributed by atoms with Crippen molar-refractivity contribution in [1.29, 1.82) is 0 Å². The second-order valence-electron chi connectivity index (χ2n) is 4.87. The maximum Gasteiger partial charge on any atom is 0.258 e. The molecule has 1 fully saturated rings. The minimum atomic E-state index is -0.0865. The predicted molar refractivity (Wildman–Crippen MR) is 69.8 cm³/mol. The zero-order valence-electron chi connectivity index (χ0n) is 10.8. The van der Waals surface area contributed by atoms with E-state index in [9.17, 15) is 4.79 Å². The summed E-state index contributed by atoms with van der Waals surface area (Å²) in [6.07, 6.45) is 3.90. The number of aryl methyl sites for hydroxylation is 1. The molecule has 100 valence electrons. The number of hydrogen-bond donors (Lipinski definition) is 1. The van der Waals surface area contributed by atoms with Gasteiger partial charge in [0.15, 0.2) is 5.82 Å². The Bertz CT molecular complexity index is 626. The summed E-state index contributed by atoms with van der Waals surface area (Å²) in [6, 6.07) is 3.31. The van der Waals surface area contributed by atoms with E-state index in [0.717, 1.165) is 31.8 Å². The lowest BCUT2D eigenvalue weighted by atomic mass is 9.99. The van der Waals surface area contributed by atoms with Crippen molar-refractivity contribution in [2.45, 2.75) is 18.8 Å². The van der Waals surface area contributed by atoms with Gasteiger partial charge in [0.2, 0.25) is 0 Å². The molecular weight excluding hydrogens is 244 g/mol. The molecule has 19 heavy (non-hydrogen) atoms. The van der Waals surface area contributed by atoms with Crippen molar-refractivity contribution in [2.24, 2.45) is 7.05 Å². The maximum atomic E-state index is 11.6. The van der Waals surface area contributed by atoms with Crippen LogP contribution in [0.25, 0.3) is 11.5 Å². The van der Waals surface area contributed by atoms with Crippen LogP contribution in [0.3, 0.4) is 0 Å². The third-order valence-electron chi connectivity index (χ3n) is 3.46. The minimum Gasteiger partial charge on any atom is -0.334 e. The van der Waals surface area contributed by atoms with Crippen LogP contribution in [0.4, 0.5) is 0 Å². The lowest BCUT2D eigenvalue weighted by Crippen LogP contribution is -2.28. The molecule has 1 N–H and O–H groups in total. The Morgan fingerprint density at radius 2 is 2.42 bits per heavy atom. The van der Waals surface area contributed by atoms with Crippen LogP contribution < -0.4 is 10.9 Å². The zero-order chi connectivity index (χ0) is 13.2. The van der Waals surface area contributed by atoms with Crippen LogP contribution in [-0.2, 0) is 7.05 Å². The Kier molecular flexibility index (Phi) is 3.16. The predicted octanol–water partition coefficient (Wildman–Crippen LogP) is 0.902. The molecule has 1 unspecified atom stereocenters. The van der Waals surface area contributed by atoms with Gasteiger partial charge in [-0.1, -0.05) is 5.16 Å². The van der Waals surface area contributed by atoms with Crippen LogP contribution in [0, 0.1) is 0 Å². The Labute approximate surface area is 110 Å². The first-order valence-electron chi connectivity index (χ1n) is 6.45. The van der Waals surface area contributed by atoms with E-state index in [1.807, 2.05) is 0 Å². The third kappa shape index (κ3) is 2.44. The topological polar surface area (TPSA) is 73.0 Å². The summed E-state index contributed by atoms with van der Waals surface area (Å²) in [5, 5.41) is 7.36. The maximum absolute atomic E-state index is 11.6. The summed E-state index contributed by atoms with van der Waals surface area (Å²) < 4.78 is 6.77. The fourth-order valence-electron chi connectivity index (χ4n) is 2.27. The molecule has 0 saturated carbocycles.